The molecular formula is C14H19N3O3S. The van der Waals surface area contributed by atoms with Crippen LogP contribution in [0.4, 0.5) is 5.69 Å². The number of carbonyl (C=O) groups excluding carboxylic acids is 1. The minimum Gasteiger partial charge on any atom is -0.349 e. The highest BCUT2D eigenvalue weighted by molar-refractivity contribution is 7.98. The van der Waals surface area contributed by atoms with E-state index in [4.69, 9.17) is 0 Å². The van der Waals surface area contributed by atoms with Crippen molar-refractivity contribution in [1.29, 1.82) is 0 Å². The first kappa shape index (κ1) is 15.8. The molecule has 1 aliphatic heterocycles. The van der Waals surface area contributed by atoms with Gasteiger partial charge in [0.25, 0.3) is 11.6 Å². The van der Waals surface area contributed by atoms with Crippen molar-refractivity contribution in [3.8, 4) is 0 Å². The number of hydrogen-bond acceptors (Lipinski definition) is 5. The maximum atomic E-state index is 12.2. The lowest BCUT2D eigenvalue weighted by atomic mass is 10.0. The number of nitro benzene ring substituents is 1. The minimum atomic E-state index is -0.449. The monoisotopic (exact) mass is 309 g/mol. The van der Waals surface area contributed by atoms with Crippen LogP contribution in [0.3, 0.4) is 0 Å². The van der Waals surface area contributed by atoms with Crippen LogP contribution >= 0.6 is 11.8 Å². The highest BCUT2D eigenvalue weighted by atomic mass is 32.2. The lowest BCUT2D eigenvalue weighted by molar-refractivity contribution is -0.387. The summed E-state index contributed by atoms with van der Waals surface area (Å²) in [4.78, 5) is 23.4. The largest absolute Gasteiger partial charge is 0.349 e. The number of piperidine rings is 1. The molecule has 0 saturated carbocycles. The van der Waals surface area contributed by atoms with Gasteiger partial charge in [-0.15, -0.1) is 11.8 Å². The Kier molecular flexibility index (Phi) is 5.19. The number of nitro groups is 1. The summed E-state index contributed by atoms with van der Waals surface area (Å²) >= 11 is 1.30. The number of benzene rings is 1. The molecule has 7 heteroatoms. The van der Waals surface area contributed by atoms with E-state index in [2.05, 4.69) is 17.6 Å². The maximum absolute atomic E-state index is 12.2. The standard InChI is InChI=1S/C14H19N3O3S/c1-9-7-11(5-6-15-9)16-14(18)10-3-4-13(21-2)12(8-10)17(19)20/h3-4,8-9,11,15H,5-7H2,1-2H3,(H,16,18). The second-order valence-electron chi connectivity index (χ2n) is 5.19. The van der Waals surface area contributed by atoms with Crippen LogP contribution < -0.4 is 10.6 Å². The summed E-state index contributed by atoms with van der Waals surface area (Å²) in [6, 6.07) is 5.11. The molecule has 2 N–H and O–H groups in total. The van der Waals surface area contributed by atoms with Crippen LogP contribution in [0.25, 0.3) is 0 Å². The SMILES string of the molecule is CSc1ccc(C(=O)NC2CCNC(C)C2)cc1[N+](=O)[O-]. The average Bonchev–Trinajstić information content (AvgIpc) is 2.46. The van der Waals surface area contributed by atoms with Crippen molar-refractivity contribution in [3.63, 3.8) is 0 Å². The van der Waals surface area contributed by atoms with Crippen molar-refractivity contribution in [3.05, 3.63) is 33.9 Å². The fourth-order valence-electron chi connectivity index (χ4n) is 2.51. The summed E-state index contributed by atoms with van der Waals surface area (Å²) < 4.78 is 0. The number of rotatable bonds is 4. The van der Waals surface area contributed by atoms with E-state index in [0.717, 1.165) is 19.4 Å². The van der Waals surface area contributed by atoms with E-state index in [1.165, 1.54) is 17.8 Å². The van der Waals surface area contributed by atoms with Crippen LogP contribution in [0, 0.1) is 10.1 Å². The van der Waals surface area contributed by atoms with Gasteiger partial charge in [0.15, 0.2) is 0 Å². The first-order valence-corrected chi connectivity index (χ1v) is 8.10. The predicted molar refractivity (Wildman–Crippen MR) is 82.8 cm³/mol. The van der Waals surface area contributed by atoms with E-state index in [9.17, 15) is 14.9 Å². The normalized spacial score (nSPS) is 21.8. The van der Waals surface area contributed by atoms with Gasteiger partial charge in [0.2, 0.25) is 0 Å². The molecule has 2 unspecified atom stereocenters. The summed E-state index contributed by atoms with van der Waals surface area (Å²) in [5.41, 5.74) is 0.319. The van der Waals surface area contributed by atoms with E-state index in [1.807, 2.05) is 0 Å². The Bertz CT molecular complexity index is 550. The number of hydrogen-bond donors (Lipinski definition) is 2. The number of carbonyl (C=O) groups is 1. The fourth-order valence-corrected chi connectivity index (χ4v) is 3.05. The molecule has 6 nitrogen and oxygen atoms in total. The van der Waals surface area contributed by atoms with Crippen molar-refractivity contribution >= 4 is 23.4 Å². The molecule has 1 aromatic carbocycles. The Morgan fingerprint density at radius 1 is 1.52 bits per heavy atom. The van der Waals surface area contributed by atoms with Gasteiger partial charge in [-0.3, -0.25) is 14.9 Å². The smallest absolute Gasteiger partial charge is 0.283 e. The minimum absolute atomic E-state index is 0.0196. The quantitative estimate of drug-likeness (QED) is 0.506. The van der Waals surface area contributed by atoms with Gasteiger partial charge in [-0.25, -0.2) is 0 Å². The zero-order valence-corrected chi connectivity index (χ0v) is 12.9. The van der Waals surface area contributed by atoms with Gasteiger partial charge in [0.05, 0.1) is 9.82 Å². The average molecular weight is 309 g/mol. The molecule has 1 saturated heterocycles. The zero-order valence-electron chi connectivity index (χ0n) is 12.1. The molecule has 1 aliphatic rings. The van der Waals surface area contributed by atoms with Gasteiger partial charge in [-0.2, -0.15) is 0 Å². The molecule has 21 heavy (non-hydrogen) atoms. The van der Waals surface area contributed by atoms with Crippen molar-refractivity contribution in [2.75, 3.05) is 12.8 Å². The Morgan fingerprint density at radius 2 is 2.29 bits per heavy atom. The molecule has 2 atom stereocenters. The summed E-state index contributed by atoms with van der Waals surface area (Å²) in [6.07, 6.45) is 3.52. The molecule has 0 spiro atoms. The van der Waals surface area contributed by atoms with E-state index in [1.54, 1.807) is 18.4 Å². The summed E-state index contributed by atoms with van der Waals surface area (Å²) in [7, 11) is 0. The number of amides is 1. The van der Waals surface area contributed by atoms with E-state index in [-0.39, 0.29) is 17.6 Å². The van der Waals surface area contributed by atoms with Crippen molar-refractivity contribution in [2.45, 2.75) is 36.7 Å². The predicted octanol–water partition coefficient (Wildman–Crippen LogP) is 2.19. The molecular weight excluding hydrogens is 290 g/mol. The molecule has 2 rings (SSSR count). The third kappa shape index (κ3) is 3.95. The zero-order chi connectivity index (χ0) is 15.4. The first-order valence-electron chi connectivity index (χ1n) is 6.88. The highest BCUT2D eigenvalue weighted by Crippen LogP contribution is 2.28. The number of thioether (sulfide) groups is 1. The second-order valence-corrected chi connectivity index (χ2v) is 6.04. The molecule has 1 amide bonds. The summed E-state index contributed by atoms with van der Waals surface area (Å²) in [5.74, 6) is -0.246. The van der Waals surface area contributed by atoms with Crippen LogP contribution in [0.1, 0.15) is 30.1 Å². The molecule has 1 fully saturated rings. The molecule has 0 aromatic heterocycles. The van der Waals surface area contributed by atoms with Gasteiger partial charge in [-0.05, 0) is 44.7 Å². The lowest BCUT2D eigenvalue weighted by Gasteiger charge is -2.28. The van der Waals surface area contributed by atoms with Crippen molar-refractivity contribution in [2.24, 2.45) is 0 Å². The summed E-state index contributed by atoms with van der Waals surface area (Å²) in [6.45, 7) is 2.95. The van der Waals surface area contributed by atoms with Gasteiger partial charge < -0.3 is 10.6 Å². The van der Waals surface area contributed by atoms with Gasteiger partial charge in [-0.1, -0.05) is 0 Å². The lowest BCUT2D eigenvalue weighted by Crippen LogP contribution is -2.46. The van der Waals surface area contributed by atoms with Crippen LogP contribution in [0.2, 0.25) is 0 Å². The van der Waals surface area contributed by atoms with E-state index < -0.39 is 4.92 Å². The third-order valence-corrected chi connectivity index (χ3v) is 4.38. The van der Waals surface area contributed by atoms with Crippen LogP contribution in [0.5, 0.6) is 0 Å². The Hall–Kier alpha value is -1.60. The third-order valence-electron chi connectivity index (χ3n) is 3.60. The van der Waals surface area contributed by atoms with Gasteiger partial charge in [0.1, 0.15) is 0 Å². The highest BCUT2D eigenvalue weighted by Gasteiger charge is 2.22. The Labute approximate surface area is 127 Å². The fraction of sp³-hybridized carbons (Fsp3) is 0.500. The molecule has 0 bridgehead atoms. The van der Waals surface area contributed by atoms with Crippen molar-refractivity contribution < 1.29 is 9.72 Å². The molecule has 1 aromatic rings. The van der Waals surface area contributed by atoms with Crippen LogP contribution in [-0.4, -0.2) is 35.7 Å². The van der Waals surface area contributed by atoms with E-state index in [0.29, 0.717) is 16.5 Å². The molecule has 1 heterocycles. The molecule has 0 aliphatic carbocycles. The Morgan fingerprint density at radius 3 is 2.90 bits per heavy atom. The Balaban J connectivity index is 2.12. The first-order chi connectivity index (χ1) is 10.0. The second kappa shape index (κ2) is 6.91. The number of nitrogens with one attached hydrogen (secondary N) is 2. The number of nitrogens with zero attached hydrogens (tertiary/aromatic N) is 1. The van der Waals surface area contributed by atoms with Crippen molar-refractivity contribution in [1.82, 2.24) is 10.6 Å². The topological polar surface area (TPSA) is 84.3 Å². The molecule has 114 valence electrons. The van der Waals surface area contributed by atoms with Crippen LogP contribution in [0.15, 0.2) is 23.1 Å². The van der Waals surface area contributed by atoms with E-state index >= 15 is 0 Å². The van der Waals surface area contributed by atoms with Gasteiger partial charge in [0, 0.05) is 23.7 Å². The van der Waals surface area contributed by atoms with Gasteiger partial charge >= 0.3 is 0 Å². The molecule has 0 radical (unpaired) electrons. The maximum Gasteiger partial charge on any atom is 0.283 e. The summed E-state index contributed by atoms with van der Waals surface area (Å²) in [5, 5.41) is 17.3. The van der Waals surface area contributed by atoms with Crippen LogP contribution in [-0.2, 0) is 0 Å².